The van der Waals surface area contributed by atoms with Gasteiger partial charge in [0.25, 0.3) is 0 Å². The lowest BCUT2D eigenvalue weighted by Crippen LogP contribution is -2.55. The molecule has 5 aliphatic rings. The van der Waals surface area contributed by atoms with Crippen molar-refractivity contribution in [3.05, 3.63) is 11.6 Å². The average Bonchev–Trinajstić information content (AvgIpc) is 2.99. The molecule has 5 fully saturated rings. The van der Waals surface area contributed by atoms with Gasteiger partial charge in [-0.1, -0.05) is 11.6 Å². The van der Waals surface area contributed by atoms with E-state index in [9.17, 15) is 0 Å². The predicted octanol–water partition coefficient (Wildman–Crippen LogP) is 3.88. The van der Waals surface area contributed by atoms with Gasteiger partial charge in [0.05, 0.1) is 0 Å². The van der Waals surface area contributed by atoms with E-state index < -0.39 is 0 Å². The predicted molar refractivity (Wildman–Crippen MR) is 64.8 cm³/mol. The Morgan fingerprint density at radius 3 is 2.38 bits per heavy atom. The van der Waals surface area contributed by atoms with Gasteiger partial charge in [0, 0.05) is 0 Å². The summed E-state index contributed by atoms with van der Waals surface area (Å²) in [6.45, 7) is 2.28. The van der Waals surface area contributed by atoms with Crippen LogP contribution in [-0.4, -0.2) is 0 Å². The van der Waals surface area contributed by atoms with Crippen LogP contribution < -0.4 is 0 Å². The van der Waals surface area contributed by atoms with E-state index in [-0.39, 0.29) is 0 Å². The van der Waals surface area contributed by atoms with Crippen LogP contribution in [0.15, 0.2) is 11.6 Å². The van der Waals surface area contributed by atoms with Crippen molar-refractivity contribution < 1.29 is 0 Å². The van der Waals surface area contributed by atoms with Crippen LogP contribution in [0, 0.1) is 47.3 Å². The van der Waals surface area contributed by atoms with Crippen LogP contribution >= 0.6 is 0 Å². The Morgan fingerprint density at radius 2 is 1.69 bits per heavy atom. The van der Waals surface area contributed by atoms with Gasteiger partial charge < -0.3 is 0 Å². The quantitative estimate of drug-likeness (QED) is 0.581. The standard InChI is InChI=1S/C16H22/c1-2-8-5-11-10-6-12-13(7-10)16(14(8)11)15(12)9-3-4-9/h2,9-16H,3-7H2,1H3. The second-order valence-corrected chi connectivity index (χ2v) is 7.31. The molecule has 0 radical (unpaired) electrons. The zero-order valence-electron chi connectivity index (χ0n) is 10.2. The first kappa shape index (κ1) is 8.78. The molecule has 0 spiro atoms. The molecule has 0 aromatic rings. The smallest absolute Gasteiger partial charge is 0.0135 e. The van der Waals surface area contributed by atoms with Crippen LogP contribution in [0.1, 0.15) is 39.0 Å². The molecule has 0 saturated heterocycles. The van der Waals surface area contributed by atoms with E-state index in [1.54, 1.807) is 25.7 Å². The third-order valence-electron chi connectivity index (χ3n) is 7.05. The van der Waals surface area contributed by atoms with Gasteiger partial charge in [-0.2, -0.15) is 0 Å². The van der Waals surface area contributed by atoms with Gasteiger partial charge in [0.1, 0.15) is 0 Å². The van der Waals surface area contributed by atoms with Crippen LogP contribution in [0.5, 0.6) is 0 Å². The van der Waals surface area contributed by atoms with E-state index in [2.05, 4.69) is 13.0 Å². The van der Waals surface area contributed by atoms with E-state index in [1.165, 1.54) is 36.0 Å². The van der Waals surface area contributed by atoms with E-state index in [4.69, 9.17) is 0 Å². The second kappa shape index (κ2) is 2.60. The average molecular weight is 214 g/mol. The van der Waals surface area contributed by atoms with Crippen LogP contribution in [0.2, 0.25) is 0 Å². The molecule has 2 bridgehead atoms. The minimum Gasteiger partial charge on any atom is -0.0881 e. The highest BCUT2D eigenvalue weighted by Gasteiger charge is 2.68. The number of hydrogen-bond acceptors (Lipinski definition) is 0. The minimum atomic E-state index is 1.08. The van der Waals surface area contributed by atoms with Gasteiger partial charge in [-0.25, -0.2) is 0 Å². The Balaban J connectivity index is 1.56. The molecule has 86 valence electrons. The van der Waals surface area contributed by atoms with Crippen molar-refractivity contribution in [3.63, 3.8) is 0 Å². The van der Waals surface area contributed by atoms with Gasteiger partial charge >= 0.3 is 0 Å². The molecule has 0 aliphatic heterocycles. The third-order valence-corrected chi connectivity index (χ3v) is 7.05. The molecule has 0 nitrogen and oxygen atoms in total. The fraction of sp³-hybridized carbons (Fsp3) is 0.875. The Labute approximate surface area is 98.5 Å². The summed E-state index contributed by atoms with van der Waals surface area (Å²) in [7, 11) is 0. The Kier molecular flexibility index (Phi) is 1.42. The first-order valence-corrected chi connectivity index (χ1v) is 7.53. The molecule has 7 atom stereocenters. The Bertz CT molecular complexity index is 375. The van der Waals surface area contributed by atoms with Gasteiger partial charge in [-0.3, -0.25) is 0 Å². The summed E-state index contributed by atoms with van der Waals surface area (Å²) in [5.74, 6) is 9.31. The molecule has 5 rings (SSSR count). The van der Waals surface area contributed by atoms with E-state index in [0.29, 0.717) is 0 Å². The summed E-state index contributed by atoms with van der Waals surface area (Å²) in [6.07, 6.45) is 10.4. The van der Waals surface area contributed by atoms with Crippen molar-refractivity contribution in [2.24, 2.45) is 47.3 Å². The zero-order valence-corrected chi connectivity index (χ0v) is 10.2. The molecule has 0 aromatic heterocycles. The fourth-order valence-corrected chi connectivity index (χ4v) is 6.41. The maximum Gasteiger partial charge on any atom is -0.0135 e. The summed E-state index contributed by atoms with van der Waals surface area (Å²) in [5, 5.41) is 0. The maximum absolute atomic E-state index is 2.46. The van der Waals surface area contributed by atoms with Crippen LogP contribution in [0.25, 0.3) is 0 Å². The highest BCUT2D eigenvalue weighted by Crippen LogP contribution is 2.75. The molecule has 0 amide bonds. The highest BCUT2D eigenvalue weighted by molar-refractivity contribution is 5.29. The molecular weight excluding hydrogens is 192 g/mol. The topological polar surface area (TPSA) is 0 Å². The zero-order chi connectivity index (χ0) is 10.4. The minimum absolute atomic E-state index is 1.08. The molecule has 5 aliphatic carbocycles. The Hall–Kier alpha value is -0.260. The summed E-state index contributed by atoms with van der Waals surface area (Å²) < 4.78 is 0. The first-order valence-electron chi connectivity index (χ1n) is 7.53. The highest BCUT2D eigenvalue weighted by atomic mass is 14.7. The lowest BCUT2D eigenvalue weighted by atomic mass is 9.44. The van der Waals surface area contributed by atoms with Gasteiger partial charge in [0.2, 0.25) is 0 Å². The van der Waals surface area contributed by atoms with Crippen molar-refractivity contribution in [1.29, 1.82) is 0 Å². The molecule has 0 heteroatoms. The second-order valence-electron chi connectivity index (χ2n) is 7.31. The SMILES string of the molecule is CC=C1CC2C3CC4C(C3)C(C12)C4C1CC1. The summed E-state index contributed by atoms with van der Waals surface area (Å²) in [4.78, 5) is 0. The molecule has 5 saturated carbocycles. The van der Waals surface area contributed by atoms with Gasteiger partial charge in [-0.15, -0.1) is 0 Å². The number of fused-ring (bicyclic) bond motifs is 4. The molecule has 0 N–H and O–H groups in total. The number of allylic oxidation sites excluding steroid dienone is 2. The van der Waals surface area contributed by atoms with E-state index >= 15 is 0 Å². The maximum atomic E-state index is 2.46. The molecule has 0 aromatic carbocycles. The molecular formula is C16H22. The molecule has 7 unspecified atom stereocenters. The summed E-state index contributed by atoms with van der Waals surface area (Å²) in [6, 6.07) is 0. The fourth-order valence-electron chi connectivity index (χ4n) is 6.41. The lowest BCUT2D eigenvalue weighted by molar-refractivity contribution is -0.0860. The van der Waals surface area contributed by atoms with E-state index in [0.717, 1.165) is 17.8 Å². The largest absolute Gasteiger partial charge is 0.0881 e. The van der Waals surface area contributed by atoms with Crippen LogP contribution in [0.3, 0.4) is 0 Å². The van der Waals surface area contributed by atoms with Crippen molar-refractivity contribution in [2.45, 2.75) is 39.0 Å². The van der Waals surface area contributed by atoms with Crippen LogP contribution in [-0.2, 0) is 0 Å². The van der Waals surface area contributed by atoms with Gasteiger partial charge in [0.15, 0.2) is 0 Å². The molecule has 16 heavy (non-hydrogen) atoms. The monoisotopic (exact) mass is 214 g/mol. The lowest BCUT2D eigenvalue weighted by Gasteiger charge is -2.60. The third kappa shape index (κ3) is 0.802. The van der Waals surface area contributed by atoms with Gasteiger partial charge in [-0.05, 0) is 86.4 Å². The van der Waals surface area contributed by atoms with E-state index in [1.807, 2.05) is 5.57 Å². The van der Waals surface area contributed by atoms with Crippen molar-refractivity contribution >= 4 is 0 Å². The first-order chi connectivity index (χ1) is 7.88. The number of rotatable bonds is 1. The van der Waals surface area contributed by atoms with Crippen molar-refractivity contribution in [3.8, 4) is 0 Å². The molecule has 0 heterocycles. The summed E-state index contributed by atoms with van der Waals surface area (Å²) in [5.41, 5.74) is 1.86. The number of hydrogen-bond donors (Lipinski definition) is 0. The normalized spacial score (nSPS) is 63.8. The summed E-state index contributed by atoms with van der Waals surface area (Å²) >= 11 is 0. The van der Waals surface area contributed by atoms with Crippen molar-refractivity contribution in [1.82, 2.24) is 0 Å². The van der Waals surface area contributed by atoms with Crippen LogP contribution in [0.4, 0.5) is 0 Å². The van der Waals surface area contributed by atoms with Crippen molar-refractivity contribution in [2.75, 3.05) is 0 Å². The Morgan fingerprint density at radius 1 is 0.938 bits per heavy atom.